The minimum atomic E-state index is -0.230. The molecule has 0 radical (unpaired) electrons. The molecule has 3 nitrogen and oxygen atoms in total. The van der Waals surface area contributed by atoms with E-state index in [0.717, 1.165) is 34.4 Å². The topological polar surface area (TPSA) is 29.9 Å². The first kappa shape index (κ1) is 13.6. The average Bonchev–Trinajstić information content (AvgIpc) is 2.86. The number of hydrogen-bond acceptors (Lipinski definition) is 2. The number of nitrogens with zero attached hydrogens (tertiary/aromatic N) is 2. The molecule has 0 spiro atoms. The molecule has 0 amide bonds. The van der Waals surface area contributed by atoms with Crippen LogP contribution in [0.5, 0.6) is 0 Å². The number of fused-ring (bicyclic) bond motifs is 1. The lowest BCUT2D eigenvalue weighted by Crippen LogP contribution is -2.04. The molecule has 108 valence electrons. The van der Waals surface area contributed by atoms with Gasteiger partial charge in [-0.2, -0.15) is 5.10 Å². The second-order valence-corrected chi connectivity index (χ2v) is 5.09. The van der Waals surface area contributed by atoms with Gasteiger partial charge in [0.15, 0.2) is 0 Å². The third-order valence-electron chi connectivity index (χ3n) is 3.68. The Hall–Kier alpha value is -2.36. The van der Waals surface area contributed by atoms with E-state index < -0.39 is 0 Å². The monoisotopic (exact) mass is 283 g/mol. The largest absolute Gasteiger partial charge is 0.379 e. The highest BCUT2D eigenvalue weighted by Gasteiger charge is 2.09. The first-order valence-electron chi connectivity index (χ1n) is 7.13. The van der Waals surface area contributed by atoms with Gasteiger partial charge in [-0.15, -0.1) is 0 Å². The fourth-order valence-corrected chi connectivity index (χ4v) is 2.53. The van der Waals surface area contributed by atoms with Crippen molar-refractivity contribution in [2.24, 2.45) is 0 Å². The van der Waals surface area contributed by atoms with E-state index in [2.05, 4.69) is 29.5 Å². The van der Waals surface area contributed by atoms with Crippen LogP contribution in [-0.2, 0) is 13.1 Å². The quantitative estimate of drug-likeness (QED) is 0.780. The van der Waals surface area contributed by atoms with Crippen LogP contribution in [0.4, 0.5) is 10.1 Å². The van der Waals surface area contributed by atoms with Crippen molar-refractivity contribution < 1.29 is 4.39 Å². The van der Waals surface area contributed by atoms with Crippen LogP contribution in [0.2, 0.25) is 0 Å². The molecule has 0 aliphatic heterocycles. The minimum Gasteiger partial charge on any atom is -0.379 e. The lowest BCUT2D eigenvalue weighted by atomic mass is 10.1. The zero-order chi connectivity index (χ0) is 14.8. The predicted octanol–water partition coefficient (Wildman–Crippen LogP) is 4.12. The van der Waals surface area contributed by atoms with Crippen molar-refractivity contribution in [3.05, 3.63) is 59.5 Å². The van der Waals surface area contributed by atoms with Gasteiger partial charge in [-0.3, -0.25) is 4.68 Å². The second-order valence-electron chi connectivity index (χ2n) is 5.09. The number of aryl methyl sites for hydroxylation is 2. The minimum absolute atomic E-state index is 0.230. The first-order valence-corrected chi connectivity index (χ1v) is 7.13. The second kappa shape index (κ2) is 5.56. The number of anilines is 1. The number of aromatic nitrogens is 2. The fraction of sp³-hybridized carbons (Fsp3) is 0.235. The molecule has 1 aromatic heterocycles. The van der Waals surface area contributed by atoms with Crippen molar-refractivity contribution in [1.29, 1.82) is 0 Å². The average molecular weight is 283 g/mol. The Bertz CT molecular complexity index is 777. The van der Waals surface area contributed by atoms with Gasteiger partial charge in [0.1, 0.15) is 5.82 Å². The number of nitrogens with one attached hydrogen (secondary N) is 1. The normalized spacial score (nSPS) is 11.0. The molecule has 4 heteroatoms. The summed E-state index contributed by atoms with van der Waals surface area (Å²) in [7, 11) is 0. The van der Waals surface area contributed by atoms with Gasteiger partial charge in [-0.05, 0) is 37.6 Å². The van der Waals surface area contributed by atoms with E-state index in [9.17, 15) is 4.39 Å². The lowest BCUT2D eigenvalue weighted by Gasteiger charge is -2.08. The van der Waals surface area contributed by atoms with Gasteiger partial charge in [-0.25, -0.2) is 4.39 Å². The lowest BCUT2D eigenvalue weighted by molar-refractivity contribution is 0.627. The highest BCUT2D eigenvalue weighted by atomic mass is 19.1. The number of rotatable bonds is 4. The van der Waals surface area contributed by atoms with Crippen LogP contribution >= 0.6 is 0 Å². The van der Waals surface area contributed by atoms with E-state index in [1.54, 1.807) is 6.07 Å². The van der Waals surface area contributed by atoms with Gasteiger partial charge in [0, 0.05) is 17.6 Å². The smallest absolute Gasteiger partial charge is 0.125 e. The molecular weight excluding hydrogens is 265 g/mol. The Morgan fingerprint density at radius 3 is 2.81 bits per heavy atom. The summed E-state index contributed by atoms with van der Waals surface area (Å²) >= 11 is 0. The molecular formula is C17H18FN3. The first-order chi connectivity index (χ1) is 10.2. The molecule has 0 saturated carbocycles. The predicted molar refractivity (Wildman–Crippen MR) is 83.9 cm³/mol. The van der Waals surface area contributed by atoms with Crippen LogP contribution < -0.4 is 5.32 Å². The molecule has 0 aliphatic carbocycles. The summed E-state index contributed by atoms with van der Waals surface area (Å²) < 4.78 is 15.3. The Labute approximate surface area is 123 Å². The molecule has 3 aromatic rings. The van der Waals surface area contributed by atoms with Crippen molar-refractivity contribution in [3.8, 4) is 0 Å². The van der Waals surface area contributed by atoms with Crippen LogP contribution in [-0.4, -0.2) is 9.78 Å². The summed E-state index contributed by atoms with van der Waals surface area (Å²) in [5, 5.41) is 9.06. The molecule has 0 aliphatic rings. The highest BCUT2D eigenvalue weighted by molar-refractivity contribution is 5.82. The highest BCUT2D eigenvalue weighted by Crippen LogP contribution is 2.21. The molecule has 2 aromatic carbocycles. The molecule has 0 fully saturated rings. The van der Waals surface area contributed by atoms with E-state index in [0.29, 0.717) is 6.54 Å². The van der Waals surface area contributed by atoms with Gasteiger partial charge in [0.2, 0.25) is 0 Å². The van der Waals surface area contributed by atoms with Crippen molar-refractivity contribution >= 4 is 16.6 Å². The van der Waals surface area contributed by atoms with E-state index in [4.69, 9.17) is 0 Å². The maximum atomic E-state index is 13.3. The Morgan fingerprint density at radius 2 is 2.00 bits per heavy atom. The molecule has 0 bridgehead atoms. The summed E-state index contributed by atoms with van der Waals surface area (Å²) in [4.78, 5) is 0. The summed E-state index contributed by atoms with van der Waals surface area (Å²) in [6.45, 7) is 5.45. The van der Waals surface area contributed by atoms with Gasteiger partial charge >= 0.3 is 0 Å². The van der Waals surface area contributed by atoms with E-state index in [-0.39, 0.29) is 5.82 Å². The van der Waals surface area contributed by atoms with Crippen LogP contribution in [0.3, 0.4) is 0 Å². The molecule has 0 unspecified atom stereocenters. The molecule has 21 heavy (non-hydrogen) atoms. The van der Waals surface area contributed by atoms with Crippen molar-refractivity contribution in [2.75, 3.05) is 5.32 Å². The summed E-state index contributed by atoms with van der Waals surface area (Å²) in [5.74, 6) is -0.230. The Kier molecular flexibility index (Phi) is 3.60. The Balaban J connectivity index is 1.90. The van der Waals surface area contributed by atoms with Gasteiger partial charge in [0.05, 0.1) is 17.8 Å². The maximum absolute atomic E-state index is 13.3. The number of halogens is 1. The van der Waals surface area contributed by atoms with Crippen LogP contribution in [0.25, 0.3) is 10.9 Å². The number of para-hydroxylation sites is 1. The van der Waals surface area contributed by atoms with Gasteiger partial charge in [0.25, 0.3) is 0 Å². The fourth-order valence-electron chi connectivity index (χ4n) is 2.53. The standard InChI is InChI=1S/C17H18FN3/c1-3-21-17-7-5-4-6-14(17)16(20-21)11-19-15-10-13(18)9-8-12(15)2/h4-10,19H,3,11H2,1-2H3. The van der Waals surface area contributed by atoms with E-state index in [1.807, 2.05) is 23.7 Å². The van der Waals surface area contributed by atoms with Crippen molar-refractivity contribution in [2.45, 2.75) is 26.9 Å². The molecule has 3 rings (SSSR count). The van der Waals surface area contributed by atoms with Crippen LogP contribution in [0.1, 0.15) is 18.2 Å². The van der Waals surface area contributed by atoms with Crippen LogP contribution in [0.15, 0.2) is 42.5 Å². The zero-order valence-electron chi connectivity index (χ0n) is 12.2. The third kappa shape index (κ3) is 2.61. The molecule has 1 N–H and O–H groups in total. The molecule has 0 atom stereocenters. The van der Waals surface area contributed by atoms with Crippen LogP contribution in [0, 0.1) is 12.7 Å². The van der Waals surface area contributed by atoms with E-state index >= 15 is 0 Å². The maximum Gasteiger partial charge on any atom is 0.125 e. The SMILES string of the molecule is CCn1nc(CNc2cc(F)ccc2C)c2ccccc21. The van der Waals surface area contributed by atoms with Crippen molar-refractivity contribution in [3.63, 3.8) is 0 Å². The zero-order valence-corrected chi connectivity index (χ0v) is 12.2. The van der Waals surface area contributed by atoms with Gasteiger partial charge in [-0.1, -0.05) is 24.3 Å². The van der Waals surface area contributed by atoms with Crippen molar-refractivity contribution in [1.82, 2.24) is 9.78 Å². The third-order valence-corrected chi connectivity index (χ3v) is 3.68. The Morgan fingerprint density at radius 1 is 1.19 bits per heavy atom. The molecule has 0 saturated heterocycles. The van der Waals surface area contributed by atoms with E-state index in [1.165, 1.54) is 12.1 Å². The molecule has 1 heterocycles. The summed E-state index contributed by atoms with van der Waals surface area (Å²) in [5.41, 5.74) is 3.95. The van der Waals surface area contributed by atoms with Gasteiger partial charge < -0.3 is 5.32 Å². The summed E-state index contributed by atoms with van der Waals surface area (Å²) in [6.07, 6.45) is 0. The number of benzene rings is 2. The summed E-state index contributed by atoms with van der Waals surface area (Å²) in [6, 6.07) is 13.0. The number of hydrogen-bond donors (Lipinski definition) is 1.